The summed E-state index contributed by atoms with van der Waals surface area (Å²) in [4.78, 5) is 4.10. The number of nitrogens with one attached hydrogen (secondary N) is 1. The van der Waals surface area contributed by atoms with E-state index in [-0.39, 0.29) is 0 Å². The second-order valence-electron chi connectivity index (χ2n) is 7.01. The van der Waals surface area contributed by atoms with Gasteiger partial charge in [0.25, 0.3) is 0 Å². The average molecular weight is 286 g/mol. The van der Waals surface area contributed by atoms with Crippen molar-refractivity contribution in [2.45, 2.75) is 70.3 Å². The summed E-state index contributed by atoms with van der Waals surface area (Å²) in [5, 5.41) is 3.90. The molecule has 0 aromatic carbocycles. The second kappa shape index (κ2) is 7.93. The molecule has 1 aromatic heterocycles. The van der Waals surface area contributed by atoms with E-state index in [1.807, 2.05) is 12.4 Å². The minimum Gasteiger partial charge on any atom is -0.313 e. The van der Waals surface area contributed by atoms with E-state index in [2.05, 4.69) is 22.4 Å². The highest BCUT2D eigenvalue weighted by Crippen LogP contribution is 2.38. The Morgan fingerprint density at radius 3 is 2.43 bits per heavy atom. The lowest BCUT2D eigenvalue weighted by atomic mass is 9.71. The topological polar surface area (TPSA) is 24.9 Å². The van der Waals surface area contributed by atoms with E-state index in [1.165, 1.54) is 63.4 Å². The largest absolute Gasteiger partial charge is 0.313 e. The minimum absolute atomic E-state index is 0.781. The van der Waals surface area contributed by atoms with Crippen LogP contribution in [0.2, 0.25) is 0 Å². The van der Waals surface area contributed by atoms with Gasteiger partial charge in [-0.25, -0.2) is 0 Å². The van der Waals surface area contributed by atoms with Crippen LogP contribution in [0, 0.1) is 11.8 Å². The molecule has 2 unspecified atom stereocenters. The maximum Gasteiger partial charge on any atom is 0.0270 e. The fourth-order valence-electron chi connectivity index (χ4n) is 4.49. The maximum absolute atomic E-state index is 4.10. The van der Waals surface area contributed by atoms with E-state index in [4.69, 9.17) is 0 Å². The van der Waals surface area contributed by atoms with Crippen LogP contribution in [-0.4, -0.2) is 17.6 Å². The molecule has 21 heavy (non-hydrogen) atoms. The first kappa shape index (κ1) is 15.0. The van der Waals surface area contributed by atoms with Gasteiger partial charge in [0, 0.05) is 18.4 Å². The minimum atomic E-state index is 0.781. The first-order chi connectivity index (χ1) is 10.4. The fourth-order valence-corrected chi connectivity index (χ4v) is 4.49. The van der Waals surface area contributed by atoms with E-state index in [9.17, 15) is 0 Å². The van der Waals surface area contributed by atoms with Crippen LogP contribution in [0.1, 0.15) is 63.4 Å². The molecule has 0 bridgehead atoms. The van der Waals surface area contributed by atoms with Crippen LogP contribution in [0.15, 0.2) is 24.5 Å². The highest BCUT2D eigenvalue weighted by molar-refractivity contribution is 5.09. The number of hydrogen-bond donors (Lipinski definition) is 1. The van der Waals surface area contributed by atoms with Crippen molar-refractivity contribution in [1.29, 1.82) is 0 Å². The van der Waals surface area contributed by atoms with Crippen LogP contribution >= 0.6 is 0 Å². The Kier molecular flexibility index (Phi) is 5.67. The summed E-state index contributed by atoms with van der Waals surface area (Å²) in [5.74, 6) is 1.97. The van der Waals surface area contributed by atoms with Gasteiger partial charge in [-0.05, 0) is 55.3 Å². The van der Waals surface area contributed by atoms with E-state index >= 15 is 0 Å². The SMILES string of the molecule is c1cc(CCNC2CCCCC2C2CCCCC2)ccn1. The van der Waals surface area contributed by atoms with Crippen molar-refractivity contribution in [3.8, 4) is 0 Å². The standard InChI is InChI=1S/C19H30N2/c1-2-6-17(7-3-1)18-8-4-5-9-19(18)21-15-12-16-10-13-20-14-11-16/h10-11,13-14,17-19,21H,1-9,12,15H2. The van der Waals surface area contributed by atoms with Gasteiger partial charge >= 0.3 is 0 Å². The monoisotopic (exact) mass is 286 g/mol. The van der Waals surface area contributed by atoms with Crippen molar-refractivity contribution in [3.05, 3.63) is 30.1 Å². The highest BCUT2D eigenvalue weighted by Gasteiger charge is 2.31. The molecule has 3 rings (SSSR count). The lowest BCUT2D eigenvalue weighted by Crippen LogP contribution is -2.43. The van der Waals surface area contributed by atoms with Gasteiger partial charge in [-0.15, -0.1) is 0 Å². The molecule has 0 spiro atoms. The van der Waals surface area contributed by atoms with Gasteiger partial charge in [0.05, 0.1) is 0 Å². The molecule has 2 nitrogen and oxygen atoms in total. The van der Waals surface area contributed by atoms with Gasteiger partial charge in [-0.1, -0.05) is 44.9 Å². The zero-order valence-electron chi connectivity index (χ0n) is 13.3. The first-order valence-electron chi connectivity index (χ1n) is 9.06. The van der Waals surface area contributed by atoms with E-state index in [0.29, 0.717) is 0 Å². The molecular formula is C19H30N2. The van der Waals surface area contributed by atoms with Crippen molar-refractivity contribution in [1.82, 2.24) is 10.3 Å². The number of nitrogens with zero attached hydrogens (tertiary/aromatic N) is 1. The molecule has 1 aromatic rings. The van der Waals surface area contributed by atoms with Gasteiger partial charge < -0.3 is 5.32 Å². The second-order valence-corrected chi connectivity index (χ2v) is 7.01. The Labute approximate surface area is 129 Å². The Hall–Kier alpha value is -0.890. The van der Waals surface area contributed by atoms with Crippen LogP contribution in [0.3, 0.4) is 0 Å². The fraction of sp³-hybridized carbons (Fsp3) is 0.737. The summed E-state index contributed by atoms with van der Waals surface area (Å²) in [5.41, 5.74) is 1.41. The van der Waals surface area contributed by atoms with E-state index < -0.39 is 0 Å². The van der Waals surface area contributed by atoms with E-state index in [0.717, 1.165) is 30.8 Å². The van der Waals surface area contributed by atoms with Crippen molar-refractivity contribution < 1.29 is 0 Å². The summed E-state index contributed by atoms with van der Waals surface area (Å²) < 4.78 is 0. The molecule has 2 heteroatoms. The van der Waals surface area contributed by atoms with Crippen LogP contribution in [0.4, 0.5) is 0 Å². The third-order valence-electron chi connectivity index (χ3n) is 5.64. The number of rotatable bonds is 5. The highest BCUT2D eigenvalue weighted by atomic mass is 14.9. The maximum atomic E-state index is 4.10. The molecule has 0 amide bonds. The quantitative estimate of drug-likeness (QED) is 0.870. The summed E-state index contributed by atoms with van der Waals surface area (Å²) in [6, 6.07) is 5.06. The lowest BCUT2D eigenvalue weighted by molar-refractivity contribution is 0.150. The predicted octanol–water partition coefficient (Wildman–Crippen LogP) is 4.35. The normalized spacial score (nSPS) is 27.6. The molecule has 0 radical (unpaired) electrons. The smallest absolute Gasteiger partial charge is 0.0270 e. The first-order valence-corrected chi connectivity index (χ1v) is 9.06. The van der Waals surface area contributed by atoms with Crippen LogP contribution in [0.25, 0.3) is 0 Å². The number of aromatic nitrogens is 1. The van der Waals surface area contributed by atoms with Crippen molar-refractivity contribution in [2.24, 2.45) is 11.8 Å². The van der Waals surface area contributed by atoms with Crippen LogP contribution in [-0.2, 0) is 6.42 Å². The molecule has 2 aliphatic rings. The third-order valence-corrected chi connectivity index (χ3v) is 5.64. The van der Waals surface area contributed by atoms with Crippen molar-refractivity contribution >= 4 is 0 Å². The molecule has 1 heterocycles. The Bertz CT molecular complexity index is 397. The molecule has 2 aliphatic carbocycles. The Morgan fingerprint density at radius 1 is 0.905 bits per heavy atom. The van der Waals surface area contributed by atoms with Gasteiger partial charge in [-0.3, -0.25) is 4.98 Å². The van der Waals surface area contributed by atoms with Gasteiger partial charge in [0.1, 0.15) is 0 Å². The summed E-state index contributed by atoms with van der Waals surface area (Å²) in [7, 11) is 0. The van der Waals surface area contributed by atoms with Crippen LogP contribution < -0.4 is 5.32 Å². The van der Waals surface area contributed by atoms with Crippen molar-refractivity contribution in [2.75, 3.05) is 6.54 Å². The number of hydrogen-bond acceptors (Lipinski definition) is 2. The molecule has 2 fully saturated rings. The third kappa shape index (κ3) is 4.29. The average Bonchev–Trinajstić information content (AvgIpc) is 2.57. The van der Waals surface area contributed by atoms with Gasteiger partial charge in [0.2, 0.25) is 0 Å². The Balaban J connectivity index is 1.49. The van der Waals surface area contributed by atoms with Gasteiger partial charge in [-0.2, -0.15) is 0 Å². The molecule has 2 saturated carbocycles. The summed E-state index contributed by atoms with van der Waals surface area (Å²) in [6.07, 6.45) is 18.1. The summed E-state index contributed by atoms with van der Waals surface area (Å²) in [6.45, 7) is 1.12. The zero-order valence-corrected chi connectivity index (χ0v) is 13.3. The Morgan fingerprint density at radius 2 is 1.62 bits per heavy atom. The van der Waals surface area contributed by atoms with Gasteiger partial charge in [0.15, 0.2) is 0 Å². The summed E-state index contributed by atoms with van der Waals surface area (Å²) >= 11 is 0. The predicted molar refractivity (Wildman–Crippen MR) is 88.3 cm³/mol. The van der Waals surface area contributed by atoms with Crippen LogP contribution in [0.5, 0.6) is 0 Å². The number of pyridine rings is 1. The molecule has 0 aliphatic heterocycles. The molecule has 116 valence electrons. The molecule has 2 atom stereocenters. The molecular weight excluding hydrogens is 256 g/mol. The van der Waals surface area contributed by atoms with E-state index in [1.54, 1.807) is 0 Å². The zero-order chi connectivity index (χ0) is 14.3. The lowest BCUT2D eigenvalue weighted by Gasteiger charge is -2.39. The molecule has 0 saturated heterocycles. The van der Waals surface area contributed by atoms with Crippen molar-refractivity contribution in [3.63, 3.8) is 0 Å². The molecule has 1 N–H and O–H groups in total.